The minimum atomic E-state index is -1.32. The number of alkyl carbamates (subject to hydrolysis) is 1. The fraction of sp³-hybridized carbons (Fsp3) is 0.625. The van der Waals surface area contributed by atoms with Crippen LogP contribution >= 0.6 is 15.9 Å². The molecule has 1 amide bonds. The van der Waals surface area contributed by atoms with Crippen molar-refractivity contribution in [3.63, 3.8) is 0 Å². The molecule has 0 saturated heterocycles. The van der Waals surface area contributed by atoms with Crippen LogP contribution in [0.15, 0.2) is 16.6 Å². The Morgan fingerprint density at radius 1 is 1.24 bits per heavy atom. The summed E-state index contributed by atoms with van der Waals surface area (Å²) >= 11 is 3.37. The van der Waals surface area contributed by atoms with E-state index in [2.05, 4.69) is 26.6 Å². The van der Waals surface area contributed by atoms with Crippen LogP contribution in [0.5, 0.6) is 0 Å². The SMILES string of the molecule is CCOC(=O)C[C@H](NC[C@@](C=O)(CC(C)C)NC(=O)OC(C)(C)C)c1cc(Br)cc(C)c1F. The number of rotatable bonds is 11. The topological polar surface area (TPSA) is 93.7 Å². The van der Waals surface area contributed by atoms with E-state index < -0.39 is 35.1 Å². The van der Waals surface area contributed by atoms with Crippen LogP contribution in [0.2, 0.25) is 0 Å². The molecule has 1 aromatic rings. The van der Waals surface area contributed by atoms with E-state index in [1.807, 2.05) is 13.8 Å². The maximum Gasteiger partial charge on any atom is 0.408 e. The lowest BCUT2D eigenvalue weighted by molar-refractivity contribution is -0.143. The van der Waals surface area contributed by atoms with Crippen molar-refractivity contribution in [1.29, 1.82) is 0 Å². The molecule has 0 unspecified atom stereocenters. The number of hydrogen-bond donors (Lipinski definition) is 2. The number of ether oxygens (including phenoxy) is 2. The number of esters is 1. The van der Waals surface area contributed by atoms with Gasteiger partial charge in [0.1, 0.15) is 23.2 Å². The zero-order valence-electron chi connectivity index (χ0n) is 20.5. The van der Waals surface area contributed by atoms with Gasteiger partial charge in [0.05, 0.1) is 13.0 Å². The predicted molar refractivity (Wildman–Crippen MR) is 128 cm³/mol. The van der Waals surface area contributed by atoms with Gasteiger partial charge in [0.15, 0.2) is 0 Å². The molecule has 0 bridgehead atoms. The summed E-state index contributed by atoms with van der Waals surface area (Å²) in [5, 5.41) is 5.80. The molecule has 0 heterocycles. The molecule has 186 valence electrons. The predicted octanol–water partition coefficient (Wildman–Crippen LogP) is 4.99. The molecule has 0 radical (unpaired) electrons. The van der Waals surface area contributed by atoms with Gasteiger partial charge in [-0.3, -0.25) is 4.79 Å². The highest BCUT2D eigenvalue weighted by atomic mass is 79.9. The van der Waals surface area contributed by atoms with Crippen LogP contribution < -0.4 is 10.6 Å². The van der Waals surface area contributed by atoms with E-state index >= 15 is 4.39 Å². The lowest BCUT2D eigenvalue weighted by atomic mass is 9.89. The highest BCUT2D eigenvalue weighted by Gasteiger charge is 2.36. The smallest absolute Gasteiger partial charge is 0.408 e. The van der Waals surface area contributed by atoms with Gasteiger partial charge >= 0.3 is 12.1 Å². The van der Waals surface area contributed by atoms with Gasteiger partial charge in [0.25, 0.3) is 0 Å². The number of amides is 1. The molecule has 2 atom stereocenters. The molecule has 33 heavy (non-hydrogen) atoms. The number of carbonyl (C=O) groups excluding carboxylic acids is 3. The summed E-state index contributed by atoms with van der Waals surface area (Å²) in [4.78, 5) is 37.0. The molecule has 1 rings (SSSR count). The number of hydrogen-bond acceptors (Lipinski definition) is 6. The molecule has 0 aliphatic heterocycles. The van der Waals surface area contributed by atoms with Gasteiger partial charge in [0, 0.05) is 22.6 Å². The highest BCUT2D eigenvalue weighted by Crippen LogP contribution is 2.28. The summed E-state index contributed by atoms with van der Waals surface area (Å²) in [6.07, 6.45) is 0.0929. The van der Waals surface area contributed by atoms with Crippen LogP contribution in [0, 0.1) is 18.7 Å². The van der Waals surface area contributed by atoms with Gasteiger partial charge < -0.3 is 24.9 Å². The first-order valence-electron chi connectivity index (χ1n) is 11.0. The first-order chi connectivity index (χ1) is 15.2. The fourth-order valence-electron chi connectivity index (χ4n) is 3.51. The van der Waals surface area contributed by atoms with Gasteiger partial charge in [-0.2, -0.15) is 0 Å². The molecular formula is C24H36BrFN2O5. The molecule has 0 aromatic heterocycles. The summed E-state index contributed by atoms with van der Waals surface area (Å²) in [7, 11) is 0. The lowest BCUT2D eigenvalue weighted by Crippen LogP contribution is -2.58. The third kappa shape index (κ3) is 9.80. The average molecular weight is 531 g/mol. The van der Waals surface area contributed by atoms with Gasteiger partial charge in [0.2, 0.25) is 0 Å². The monoisotopic (exact) mass is 530 g/mol. The first-order valence-corrected chi connectivity index (χ1v) is 11.8. The number of halogens is 2. The maximum atomic E-state index is 15.0. The third-order valence-corrected chi connectivity index (χ3v) is 5.17. The molecule has 7 nitrogen and oxygen atoms in total. The Hall–Kier alpha value is -2.00. The summed E-state index contributed by atoms with van der Waals surface area (Å²) in [6.45, 7) is 12.5. The Morgan fingerprint density at radius 3 is 2.39 bits per heavy atom. The molecule has 0 aliphatic rings. The second kappa shape index (κ2) is 12.5. The van der Waals surface area contributed by atoms with E-state index in [4.69, 9.17) is 9.47 Å². The largest absolute Gasteiger partial charge is 0.466 e. The van der Waals surface area contributed by atoms with Gasteiger partial charge in [-0.05, 0) is 64.7 Å². The Kier molecular flexibility index (Phi) is 11.0. The van der Waals surface area contributed by atoms with E-state index in [-0.39, 0.29) is 31.1 Å². The van der Waals surface area contributed by atoms with E-state index in [1.165, 1.54) is 0 Å². The summed E-state index contributed by atoms with van der Waals surface area (Å²) in [5.41, 5.74) is -1.39. The van der Waals surface area contributed by atoms with E-state index in [0.717, 1.165) is 0 Å². The molecule has 0 saturated carbocycles. The van der Waals surface area contributed by atoms with E-state index in [0.29, 0.717) is 22.7 Å². The first kappa shape index (κ1) is 29.0. The van der Waals surface area contributed by atoms with Crippen LogP contribution in [0.4, 0.5) is 9.18 Å². The fourth-order valence-corrected chi connectivity index (χ4v) is 4.10. The van der Waals surface area contributed by atoms with Crippen LogP contribution in [0.25, 0.3) is 0 Å². The minimum Gasteiger partial charge on any atom is -0.466 e. The number of aldehydes is 1. The van der Waals surface area contributed by atoms with Crippen molar-refractivity contribution in [2.45, 2.75) is 78.5 Å². The normalized spacial score (nSPS) is 14.4. The standard InChI is InChI=1S/C24H36BrFN2O5/c1-8-32-20(30)11-19(18-10-17(25)9-16(4)21(18)26)27-13-24(14-29,12-15(2)3)28-22(31)33-23(5,6)7/h9-10,14-15,19,27H,8,11-13H2,1-7H3,(H,28,31)/t19-,24+/m0/s1. The van der Waals surface area contributed by atoms with Crippen LogP contribution in [0.1, 0.15) is 71.6 Å². The highest BCUT2D eigenvalue weighted by molar-refractivity contribution is 9.10. The van der Waals surface area contributed by atoms with Gasteiger partial charge in [-0.1, -0.05) is 29.8 Å². The molecule has 2 N–H and O–H groups in total. The molecular weight excluding hydrogens is 495 g/mol. The Balaban J connectivity index is 3.27. The minimum absolute atomic E-state index is 0.0387. The average Bonchev–Trinajstić information content (AvgIpc) is 2.66. The number of benzene rings is 1. The van der Waals surface area contributed by atoms with Crippen molar-refractivity contribution in [1.82, 2.24) is 10.6 Å². The van der Waals surface area contributed by atoms with Crippen molar-refractivity contribution in [3.05, 3.63) is 33.5 Å². The van der Waals surface area contributed by atoms with E-state index in [1.54, 1.807) is 46.8 Å². The second-order valence-electron chi connectivity index (χ2n) is 9.57. The van der Waals surface area contributed by atoms with Crippen LogP contribution in [-0.4, -0.2) is 42.6 Å². The van der Waals surface area contributed by atoms with Crippen LogP contribution in [0.3, 0.4) is 0 Å². The van der Waals surface area contributed by atoms with Crippen molar-refractivity contribution in [3.8, 4) is 0 Å². The van der Waals surface area contributed by atoms with Crippen molar-refractivity contribution in [2.75, 3.05) is 13.2 Å². The van der Waals surface area contributed by atoms with E-state index in [9.17, 15) is 14.4 Å². The Labute approximate surface area is 204 Å². The lowest BCUT2D eigenvalue weighted by Gasteiger charge is -2.34. The molecule has 1 aromatic carbocycles. The van der Waals surface area contributed by atoms with Crippen molar-refractivity contribution >= 4 is 34.3 Å². The maximum absolute atomic E-state index is 15.0. The van der Waals surface area contributed by atoms with Crippen molar-refractivity contribution < 1.29 is 28.2 Å². The molecule has 0 fully saturated rings. The third-order valence-electron chi connectivity index (χ3n) is 4.71. The quantitative estimate of drug-likeness (QED) is 0.309. The number of carbonyl (C=O) groups is 3. The van der Waals surface area contributed by atoms with Gasteiger partial charge in [-0.15, -0.1) is 0 Å². The Morgan fingerprint density at radius 2 is 1.88 bits per heavy atom. The molecule has 0 spiro atoms. The van der Waals surface area contributed by atoms with Crippen molar-refractivity contribution in [2.24, 2.45) is 5.92 Å². The number of aryl methyl sites for hydroxylation is 1. The molecule has 0 aliphatic carbocycles. The second-order valence-corrected chi connectivity index (χ2v) is 10.5. The van der Waals surface area contributed by atoms with Crippen LogP contribution in [-0.2, 0) is 19.1 Å². The van der Waals surface area contributed by atoms with Gasteiger partial charge in [-0.25, -0.2) is 9.18 Å². The summed E-state index contributed by atoms with van der Waals surface area (Å²) < 4.78 is 26.1. The summed E-state index contributed by atoms with van der Waals surface area (Å²) in [6, 6.07) is 2.44. The molecule has 9 heteroatoms. The zero-order chi connectivity index (χ0) is 25.4. The summed E-state index contributed by atoms with van der Waals surface area (Å²) in [5.74, 6) is -0.909. The Bertz CT molecular complexity index is 841. The zero-order valence-corrected chi connectivity index (χ0v) is 22.1. The number of nitrogens with one attached hydrogen (secondary N) is 2.